The Morgan fingerprint density at radius 2 is 2.33 bits per heavy atom. The van der Waals surface area contributed by atoms with Gasteiger partial charge in [0.25, 0.3) is 0 Å². The van der Waals surface area contributed by atoms with Gasteiger partial charge in [0.15, 0.2) is 0 Å². The number of likely N-dealkylation sites (N-methyl/N-ethyl adjacent to an activating group) is 1. The van der Waals surface area contributed by atoms with Gasteiger partial charge in [-0.05, 0) is 32.9 Å². The van der Waals surface area contributed by atoms with Crippen LogP contribution in [0, 0.1) is 0 Å². The third-order valence-electron chi connectivity index (χ3n) is 3.27. The van der Waals surface area contributed by atoms with Crippen LogP contribution >= 0.6 is 0 Å². The number of carbonyl (C=O) groups is 1. The summed E-state index contributed by atoms with van der Waals surface area (Å²) in [6.45, 7) is 4.02. The maximum Gasteiger partial charge on any atom is 0.234 e. The zero-order valence-corrected chi connectivity index (χ0v) is 9.83. The first-order chi connectivity index (χ1) is 7.15. The van der Waals surface area contributed by atoms with Gasteiger partial charge in [-0.1, -0.05) is 13.3 Å². The van der Waals surface area contributed by atoms with E-state index in [2.05, 4.69) is 17.3 Å². The summed E-state index contributed by atoms with van der Waals surface area (Å²) in [5, 5.41) is 3.25. The summed E-state index contributed by atoms with van der Waals surface area (Å²) < 4.78 is 0. The van der Waals surface area contributed by atoms with Crippen LogP contribution in [0.15, 0.2) is 0 Å². The second-order valence-electron chi connectivity index (χ2n) is 4.40. The van der Waals surface area contributed by atoms with Gasteiger partial charge in [0.05, 0.1) is 6.04 Å². The molecule has 0 bridgehead atoms. The highest BCUT2D eigenvalue weighted by Gasteiger charge is 2.20. The maximum absolute atomic E-state index is 11.0. The minimum Gasteiger partial charge on any atom is -0.368 e. The molecule has 1 heterocycles. The molecule has 4 nitrogen and oxygen atoms in total. The smallest absolute Gasteiger partial charge is 0.234 e. The summed E-state index contributed by atoms with van der Waals surface area (Å²) in [6.07, 6.45) is 4.58. The van der Waals surface area contributed by atoms with Crippen LogP contribution in [0.2, 0.25) is 0 Å². The Hall–Kier alpha value is -0.610. The van der Waals surface area contributed by atoms with Gasteiger partial charge in [-0.15, -0.1) is 0 Å². The van der Waals surface area contributed by atoms with Crippen molar-refractivity contribution in [1.82, 2.24) is 10.2 Å². The predicted octanol–water partition coefficient (Wildman–Crippen LogP) is 0.324. The van der Waals surface area contributed by atoms with Gasteiger partial charge in [-0.2, -0.15) is 0 Å². The molecule has 3 N–H and O–H groups in total. The molecule has 0 aliphatic carbocycles. The van der Waals surface area contributed by atoms with Crippen LogP contribution in [-0.4, -0.2) is 43.0 Å². The molecule has 0 saturated carbocycles. The Morgan fingerprint density at radius 1 is 1.60 bits per heavy atom. The van der Waals surface area contributed by atoms with Crippen LogP contribution in [0.5, 0.6) is 0 Å². The number of nitrogens with one attached hydrogen (secondary N) is 1. The summed E-state index contributed by atoms with van der Waals surface area (Å²) in [4.78, 5) is 13.4. The monoisotopic (exact) mass is 213 g/mol. The topological polar surface area (TPSA) is 58.4 Å². The van der Waals surface area contributed by atoms with E-state index >= 15 is 0 Å². The lowest BCUT2D eigenvalue weighted by atomic mass is 10.0. The van der Waals surface area contributed by atoms with Crippen LogP contribution in [0.4, 0.5) is 0 Å². The number of amides is 1. The zero-order valence-electron chi connectivity index (χ0n) is 9.83. The molecule has 0 spiro atoms. The number of likely N-dealkylation sites (tertiary alicyclic amines) is 1. The summed E-state index contributed by atoms with van der Waals surface area (Å²) in [5.41, 5.74) is 5.28. The fourth-order valence-electron chi connectivity index (χ4n) is 2.13. The molecular weight excluding hydrogens is 190 g/mol. The number of hydrogen-bond acceptors (Lipinski definition) is 3. The van der Waals surface area contributed by atoms with Crippen molar-refractivity contribution < 1.29 is 4.79 Å². The van der Waals surface area contributed by atoms with Crippen molar-refractivity contribution in [3.8, 4) is 0 Å². The molecule has 1 aliphatic heterocycles. The van der Waals surface area contributed by atoms with Gasteiger partial charge in [0.1, 0.15) is 0 Å². The summed E-state index contributed by atoms with van der Waals surface area (Å²) in [5.74, 6) is -0.240. The van der Waals surface area contributed by atoms with Crippen molar-refractivity contribution in [2.75, 3.05) is 20.1 Å². The molecule has 4 heteroatoms. The van der Waals surface area contributed by atoms with Crippen molar-refractivity contribution in [1.29, 1.82) is 0 Å². The first-order valence-electron chi connectivity index (χ1n) is 5.88. The largest absolute Gasteiger partial charge is 0.368 e. The van der Waals surface area contributed by atoms with Crippen molar-refractivity contribution in [2.24, 2.45) is 5.73 Å². The van der Waals surface area contributed by atoms with Crippen molar-refractivity contribution in [2.45, 2.75) is 44.7 Å². The molecule has 0 aromatic carbocycles. The minimum atomic E-state index is -0.240. The molecule has 1 amide bonds. The zero-order chi connectivity index (χ0) is 11.3. The number of piperidine rings is 1. The normalized spacial score (nSPS) is 25.1. The van der Waals surface area contributed by atoms with E-state index in [0.717, 1.165) is 13.0 Å². The maximum atomic E-state index is 11.0. The van der Waals surface area contributed by atoms with Gasteiger partial charge >= 0.3 is 0 Å². The van der Waals surface area contributed by atoms with E-state index in [-0.39, 0.29) is 11.9 Å². The number of nitrogens with zero attached hydrogens (tertiary/aromatic N) is 1. The Bertz CT molecular complexity index is 208. The molecule has 0 radical (unpaired) electrons. The third-order valence-corrected chi connectivity index (χ3v) is 3.27. The van der Waals surface area contributed by atoms with Gasteiger partial charge < -0.3 is 16.0 Å². The highest BCUT2D eigenvalue weighted by atomic mass is 16.1. The van der Waals surface area contributed by atoms with E-state index in [9.17, 15) is 4.79 Å². The van der Waals surface area contributed by atoms with E-state index in [1.54, 1.807) is 0 Å². The summed E-state index contributed by atoms with van der Waals surface area (Å²) >= 11 is 0. The van der Waals surface area contributed by atoms with Crippen LogP contribution in [-0.2, 0) is 4.79 Å². The highest BCUT2D eigenvalue weighted by molar-refractivity contribution is 5.79. The van der Waals surface area contributed by atoms with Gasteiger partial charge in [-0.3, -0.25) is 4.79 Å². The predicted molar refractivity (Wildman–Crippen MR) is 61.5 cm³/mol. The molecule has 1 rings (SSSR count). The van der Waals surface area contributed by atoms with E-state index in [0.29, 0.717) is 6.04 Å². The fraction of sp³-hybridized carbons (Fsp3) is 0.909. The lowest BCUT2D eigenvalue weighted by Gasteiger charge is -2.33. The van der Waals surface area contributed by atoms with Crippen LogP contribution < -0.4 is 11.1 Å². The number of nitrogens with two attached hydrogens (primary N) is 1. The second kappa shape index (κ2) is 6.08. The van der Waals surface area contributed by atoms with E-state index in [4.69, 9.17) is 5.73 Å². The van der Waals surface area contributed by atoms with Crippen LogP contribution in [0.3, 0.4) is 0 Å². The number of hydrogen-bond donors (Lipinski definition) is 2. The first kappa shape index (κ1) is 12.5. The molecule has 1 aliphatic rings. The number of rotatable bonds is 5. The third kappa shape index (κ3) is 3.80. The molecule has 2 atom stereocenters. The van der Waals surface area contributed by atoms with E-state index < -0.39 is 0 Å². The van der Waals surface area contributed by atoms with Crippen molar-refractivity contribution >= 4 is 5.91 Å². The second-order valence-corrected chi connectivity index (χ2v) is 4.40. The quantitative estimate of drug-likeness (QED) is 0.691. The average molecular weight is 213 g/mol. The van der Waals surface area contributed by atoms with E-state index in [1.807, 2.05) is 6.92 Å². The summed E-state index contributed by atoms with van der Waals surface area (Å²) in [6, 6.07) is 0.396. The Labute approximate surface area is 92.2 Å². The average Bonchev–Trinajstić information content (AvgIpc) is 2.21. The van der Waals surface area contributed by atoms with Gasteiger partial charge in [0.2, 0.25) is 5.91 Å². The molecular formula is C11H23N3O. The molecule has 1 fully saturated rings. The molecule has 15 heavy (non-hydrogen) atoms. The van der Waals surface area contributed by atoms with Crippen molar-refractivity contribution in [3.05, 3.63) is 0 Å². The molecule has 2 unspecified atom stereocenters. The number of primary amides is 1. The lowest BCUT2D eigenvalue weighted by molar-refractivity contribution is -0.120. The van der Waals surface area contributed by atoms with Gasteiger partial charge in [-0.25, -0.2) is 0 Å². The Balaban J connectivity index is 2.31. The number of carbonyl (C=O) groups excluding carboxylic acids is 1. The molecule has 0 aromatic rings. The van der Waals surface area contributed by atoms with Crippen molar-refractivity contribution in [3.63, 3.8) is 0 Å². The highest BCUT2D eigenvalue weighted by Crippen LogP contribution is 2.14. The Kier molecular flexibility index (Phi) is 5.05. The molecule has 88 valence electrons. The SMILES string of the molecule is CCC(NCC1CCCCN1C)C(N)=O. The minimum absolute atomic E-state index is 0.166. The van der Waals surface area contributed by atoms with Crippen LogP contribution in [0.25, 0.3) is 0 Å². The molecule has 0 aromatic heterocycles. The lowest BCUT2D eigenvalue weighted by Crippen LogP contribution is -2.49. The van der Waals surface area contributed by atoms with Crippen LogP contribution in [0.1, 0.15) is 32.6 Å². The first-order valence-corrected chi connectivity index (χ1v) is 5.88. The molecule has 1 saturated heterocycles. The van der Waals surface area contributed by atoms with Gasteiger partial charge in [0, 0.05) is 12.6 Å². The fourth-order valence-corrected chi connectivity index (χ4v) is 2.13. The summed E-state index contributed by atoms with van der Waals surface area (Å²) in [7, 11) is 2.15. The Morgan fingerprint density at radius 3 is 2.87 bits per heavy atom. The standard InChI is InChI=1S/C11H23N3O/c1-3-10(11(12)15)13-8-9-6-4-5-7-14(9)2/h9-10,13H,3-8H2,1-2H3,(H2,12,15). The van der Waals surface area contributed by atoms with E-state index in [1.165, 1.54) is 25.8 Å².